The second-order valence-electron chi connectivity index (χ2n) is 6.68. The molecular weight excluding hydrogens is 419 g/mol. The number of halogens is 1. The normalized spacial score (nSPS) is 11.3. The van der Waals surface area contributed by atoms with Crippen LogP contribution in [0, 0.1) is 5.82 Å². The van der Waals surface area contributed by atoms with Gasteiger partial charge in [-0.2, -0.15) is 0 Å². The van der Waals surface area contributed by atoms with Gasteiger partial charge in [-0.1, -0.05) is 0 Å². The fraction of sp³-hybridized carbons (Fsp3) is 0.0870. The largest absolute Gasteiger partial charge is 0.497 e. The smallest absolute Gasteiger partial charge is 0.239 e. The fourth-order valence-corrected chi connectivity index (χ4v) is 4.29. The highest BCUT2D eigenvalue weighted by Crippen LogP contribution is 2.34. The van der Waals surface area contributed by atoms with Crippen molar-refractivity contribution in [3.8, 4) is 34.0 Å². The Kier molecular flexibility index (Phi) is 5.48. The summed E-state index contributed by atoms with van der Waals surface area (Å²) in [5.74, 6) is 0.828. The third-order valence-corrected chi connectivity index (χ3v) is 6.40. The Bertz CT molecular complexity index is 1230. The Morgan fingerprint density at radius 1 is 0.774 bits per heavy atom. The maximum atomic E-state index is 13.3. The van der Waals surface area contributed by atoms with Crippen molar-refractivity contribution in [3.05, 3.63) is 78.6 Å². The number of nitrogens with zero attached hydrogens (tertiary/aromatic N) is 1. The van der Waals surface area contributed by atoms with E-state index in [2.05, 4.69) is 9.97 Å². The lowest BCUT2D eigenvalue weighted by Crippen LogP contribution is -2.04. The van der Waals surface area contributed by atoms with Crippen LogP contribution in [0.3, 0.4) is 0 Å². The van der Waals surface area contributed by atoms with Crippen LogP contribution in [0.1, 0.15) is 0 Å². The average molecular weight is 438 g/mol. The van der Waals surface area contributed by atoms with E-state index < -0.39 is 15.7 Å². The van der Waals surface area contributed by atoms with E-state index in [9.17, 15) is 12.8 Å². The summed E-state index contributed by atoms with van der Waals surface area (Å²) >= 11 is 0. The summed E-state index contributed by atoms with van der Waals surface area (Å²) in [5, 5.41) is -0.226. The predicted molar refractivity (Wildman–Crippen MR) is 114 cm³/mol. The quantitative estimate of drug-likeness (QED) is 0.440. The van der Waals surface area contributed by atoms with Crippen LogP contribution in [-0.4, -0.2) is 32.6 Å². The van der Waals surface area contributed by atoms with Crippen molar-refractivity contribution in [2.45, 2.75) is 10.1 Å². The Morgan fingerprint density at radius 3 is 1.81 bits per heavy atom. The average Bonchev–Trinajstić information content (AvgIpc) is 3.26. The van der Waals surface area contributed by atoms with Gasteiger partial charge in [-0.3, -0.25) is 0 Å². The Balaban J connectivity index is 1.87. The maximum Gasteiger partial charge on any atom is 0.239 e. The fourth-order valence-electron chi connectivity index (χ4n) is 3.13. The van der Waals surface area contributed by atoms with E-state index in [1.807, 2.05) is 12.1 Å². The molecule has 0 unspecified atom stereocenters. The molecule has 0 radical (unpaired) electrons. The number of imidazole rings is 1. The van der Waals surface area contributed by atoms with E-state index in [0.717, 1.165) is 17.7 Å². The van der Waals surface area contributed by atoms with Crippen molar-refractivity contribution in [3.63, 3.8) is 0 Å². The van der Waals surface area contributed by atoms with Gasteiger partial charge in [0.05, 0.1) is 30.5 Å². The first kappa shape index (κ1) is 20.6. The molecule has 0 amide bonds. The highest BCUT2D eigenvalue weighted by atomic mass is 32.2. The molecule has 0 saturated heterocycles. The van der Waals surface area contributed by atoms with Crippen LogP contribution in [0.2, 0.25) is 0 Å². The van der Waals surface area contributed by atoms with Crippen LogP contribution >= 0.6 is 0 Å². The van der Waals surface area contributed by atoms with Crippen LogP contribution in [-0.2, 0) is 9.84 Å². The van der Waals surface area contributed by atoms with Crippen molar-refractivity contribution in [1.29, 1.82) is 0 Å². The van der Waals surface area contributed by atoms with Gasteiger partial charge in [0.2, 0.25) is 15.0 Å². The molecule has 0 bridgehead atoms. The summed E-state index contributed by atoms with van der Waals surface area (Å²) < 4.78 is 49.9. The minimum absolute atomic E-state index is 0.0507. The molecule has 1 heterocycles. The number of rotatable bonds is 6. The second kappa shape index (κ2) is 8.23. The molecule has 6 nitrogen and oxygen atoms in total. The number of ether oxygens (including phenoxy) is 2. The van der Waals surface area contributed by atoms with Gasteiger partial charge >= 0.3 is 0 Å². The van der Waals surface area contributed by atoms with Crippen molar-refractivity contribution >= 4 is 9.84 Å². The van der Waals surface area contributed by atoms with Gasteiger partial charge in [0.1, 0.15) is 17.3 Å². The maximum absolute atomic E-state index is 13.3. The lowest BCUT2D eigenvalue weighted by atomic mass is 10.0. The minimum Gasteiger partial charge on any atom is -0.497 e. The first-order valence-corrected chi connectivity index (χ1v) is 10.8. The Labute approximate surface area is 179 Å². The van der Waals surface area contributed by atoms with Crippen molar-refractivity contribution in [1.82, 2.24) is 9.97 Å². The second-order valence-corrected chi connectivity index (χ2v) is 8.54. The van der Waals surface area contributed by atoms with Gasteiger partial charge in [0.15, 0.2) is 0 Å². The third kappa shape index (κ3) is 4.02. The zero-order valence-electron chi connectivity index (χ0n) is 16.8. The molecule has 8 heteroatoms. The van der Waals surface area contributed by atoms with Crippen LogP contribution < -0.4 is 9.47 Å². The topological polar surface area (TPSA) is 81.3 Å². The van der Waals surface area contributed by atoms with E-state index in [1.54, 1.807) is 50.6 Å². The van der Waals surface area contributed by atoms with Gasteiger partial charge in [-0.25, -0.2) is 17.8 Å². The minimum atomic E-state index is -3.98. The number of hydrogen-bond donors (Lipinski definition) is 1. The molecule has 4 rings (SSSR count). The monoisotopic (exact) mass is 438 g/mol. The lowest BCUT2D eigenvalue weighted by Gasteiger charge is -2.06. The number of H-pyrrole nitrogens is 1. The molecule has 0 fully saturated rings. The number of aromatic amines is 1. The Morgan fingerprint density at radius 2 is 1.29 bits per heavy atom. The van der Waals surface area contributed by atoms with Crippen LogP contribution in [0.15, 0.2) is 82.8 Å². The molecule has 1 aromatic heterocycles. The first-order valence-electron chi connectivity index (χ1n) is 9.32. The first-order chi connectivity index (χ1) is 14.9. The molecule has 0 aliphatic heterocycles. The summed E-state index contributed by atoms with van der Waals surface area (Å²) in [6, 6.07) is 19.0. The summed E-state index contributed by atoms with van der Waals surface area (Å²) in [4.78, 5) is 7.32. The van der Waals surface area contributed by atoms with Gasteiger partial charge < -0.3 is 14.5 Å². The van der Waals surface area contributed by atoms with Gasteiger partial charge in [-0.05, 0) is 72.8 Å². The molecule has 0 saturated carbocycles. The predicted octanol–water partition coefficient (Wildman–Crippen LogP) is 4.73. The van der Waals surface area contributed by atoms with E-state index >= 15 is 0 Å². The Hall–Kier alpha value is -3.65. The molecule has 0 spiro atoms. The van der Waals surface area contributed by atoms with E-state index in [-0.39, 0.29) is 10.1 Å². The summed E-state index contributed by atoms with van der Waals surface area (Å²) in [6.45, 7) is 0. The third-order valence-electron chi connectivity index (χ3n) is 4.80. The molecule has 31 heavy (non-hydrogen) atoms. The van der Waals surface area contributed by atoms with Gasteiger partial charge in [0.25, 0.3) is 0 Å². The van der Waals surface area contributed by atoms with Crippen molar-refractivity contribution in [2.75, 3.05) is 14.2 Å². The van der Waals surface area contributed by atoms with Crippen LogP contribution in [0.25, 0.3) is 22.5 Å². The van der Waals surface area contributed by atoms with Gasteiger partial charge in [-0.15, -0.1) is 0 Å². The lowest BCUT2D eigenvalue weighted by molar-refractivity contribution is 0.414. The number of sulfone groups is 1. The number of aromatic nitrogens is 2. The van der Waals surface area contributed by atoms with Crippen LogP contribution in [0.4, 0.5) is 4.39 Å². The van der Waals surface area contributed by atoms with Crippen molar-refractivity contribution in [2.24, 2.45) is 0 Å². The highest BCUT2D eigenvalue weighted by molar-refractivity contribution is 7.91. The van der Waals surface area contributed by atoms with E-state index in [1.165, 1.54) is 12.1 Å². The standard InChI is InChI=1S/C23H19FN2O4S/c1-29-18-9-3-15(4-10-18)21-22(16-5-11-19(30-2)12-6-16)26-23(25-21)31(27,28)20-13-7-17(24)8-14-20/h3-14H,1-2H3,(H,25,26). The number of hydrogen-bond acceptors (Lipinski definition) is 5. The molecule has 0 aliphatic carbocycles. The number of methoxy groups -OCH3 is 2. The zero-order valence-corrected chi connectivity index (χ0v) is 17.6. The zero-order chi connectivity index (χ0) is 22.0. The molecule has 3 aromatic carbocycles. The molecule has 0 aliphatic rings. The van der Waals surface area contributed by atoms with Crippen LogP contribution in [0.5, 0.6) is 11.5 Å². The summed E-state index contributed by atoms with van der Waals surface area (Å²) in [5.41, 5.74) is 2.45. The van der Waals surface area contributed by atoms with E-state index in [4.69, 9.17) is 9.47 Å². The van der Waals surface area contributed by atoms with Crippen molar-refractivity contribution < 1.29 is 22.3 Å². The molecular formula is C23H19FN2O4S. The SMILES string of the molecule is COc1ccc(-c2nc(S(=O)(=O)c3ccc(F)cc3)[nH]c2-c2ccc(OC)cc2)cc1. The molecule has 4 aromatic rings. The molecule has 0 atom stereocenters. The molecule has 158 valence electrons. The van der Waals surface area contributed by atoms with E-state index in [0.29, 0.717) is 28.5 Å². The molecule has 1 N–H and O–H groups in total. The highest BCUT2D eigenvalue weighted by Gasteiger charge is 2.25. The summed E-state index contributed by atoms with van der Waals surface area (Å²) in [6.07, 6.45) is 0. The number of benzene rings is 3. The van der Waals surface area contributed by atoms with Gasteiger partial charge in [0, 0.05) is 11.1 Å². The number of nitrogens with one attached hydrogen (secondary N) is 1. The summed E-state index contributed by atoms with van der Waals surface area (Å²) in [7, 11) is -0.842.